The van der Waals surface area contributed by atoms with E-state index in [0.29, 0.717) is 12.6 Å². The van der Waals surface area contributed by atoms with E-state index >= 15 is 0 Å². The minimum absolute atomic E-state index is 0.613. The largest absolute Gasteiger partial charge is 0.492 e. The lowest BCUT2D eigenvalue weighted by atomic mass is 10.2. The van der Waals surface area contributed by atoms with Gasteiger partial charge in [0.05, 0.1) is 13.2 Å². The van der Waals surface area contributed by atoms with Crippen LogP contribution in [0.3, 0.4) is 0 Å². The molecule has 0 aromatic heterocycles. The number of ether oxygens (including phenoxy) is 2. The van der Waals surface area contributed by atoms with Crippen LogP contribution in [-0.2, 0) is 11.3 Å². The van der Waals surface area contributed by atoms with Gasteiger partial charge in [-0.1, -0.05) is 19.1 Å². The van der Waals surface area contributed by atoms with Crippen molar-refractivity contribution in [3.05, 3.63) is 29.8 Å². The Labute approximate surface area is 175 Å². The zero-order chi connectivity index (χ0) is 20.3. The number of morpholine rings is 1. The third kappa shape index (κ3) is 7.17. The third-order valence-corrected chi connectivity index (χ3v) is 5.77. The molecule has 1 aromatic rings. The number of hydrogen-bond donors (Lipinski definition) is 2. The van der Waals surface area contributed by atoms with E-state index < -0.39 is 0 Å². The number of aliphatic imine (C=N–C) groups is 1. The second-order valence-corrected chi connectivity index (χ2v) is 7.68. The van der Waals surface area contributed by atoms with Crippen LogP contribution in [-0.4, -0.2) is 87.9 Å². The Morgan fingerprint density at radius 1 is 1.24 bits per heavy atom. The summed E-state index contributed by atoms with van der Waals surface area (Å²) in [5.74, 6) is 1.77. The van der Waals surface area contributed by atoms with Gasteiger partial charge >= 0.3 is 0 Å². The van der Waals surface area contributed by atoms with E-state index in [-0.39, 0.29) is 0 Å². The maximum atomic E-state index is 5.96. The fraction of sp³-hybridized carbons (Fsp3) is 0.682. The second-order valence-electron chi connectivity index (χ2n) is 7.68. The van der Waals surface area contributed by atoms with Gasteiger partial charge in [-0.15, -0.1) is 0 Å². The van der Waals surface area contributed by atoms with Crippen LogP contribution in [0.1, 0.15) is 25.3 Å². The molecule has 0 radical (unpaired) electrons. The zero-order valence-corrected chi connectivity index (χ0v) is 18.0. The monoisotopic (exact) mass is 403 g/mol. The Kier molecular flexibility index (Phi) is 9.05. The molecule has 29 heavy (non-hydrogen) atoms. The van der Waals surface area contributed by atoms with Crippen molar-refractivity contribution in [2.75, 3.05) is 66.1 Å². The Bertz CT molecular complexity index is 633. The molecule has 0 amide bonds. The summed E-state index contributed by atoms with van der Waals surface area (Å²) in [5.41, 5.74) is 1.19. The van der Waals surface area contributed by atoms with Crippen LogP contribution in [0.5, 0.6) is 5.75 Å². The summed E-state index contributed by atoms with van der Waals surface area (Å²) >= 11 is 0. The quantitative estimate of drug-likeness (QED) is 0.482. The topological polar surface area (TPSA) is 61.4 Å². The van der Waals surface area contributed by atoms with Crippen molar-refractivity contribution in [1.82, 2.24) is 20.4 Å². The second kappa shape index (κ2) is 12.0. The van der Waals surface area contributed by atoms with E-state index in [9.17, 15) is 0 Å². The highest BCUT2D eigenvalue weighted by Gasteiger charge is 2.22. The van der Waals surface area contributed by atoms with Gasteiger partial charge in [0.15, 0.2) is 5.96 Å². The average molecular weight is 404 g/mol. The van der Waals surface area contributed by atoms with Gasteiger partial charge in [-0.05, 0) is 43.6 Å². The van der Waals surface area contributed by atoms with E-state index in [1.807, 2.05) is 13.1 Å². The van der Waals surface area contributed by atoms with Crippen molar-refractivity contribution in [3.8, 4) is 5.75 Å². The molecule has 0 aliphatic carbocycles. The number of likely N-dealkylation sites (tertiary alicyclic amines) is 1. The Balaban J connectivity index is 1.39. The van der Waals surface area contributed by atoms with Gasteiger partial charge < -0.3 is 20.1 Å². The fourth-order valence-corrected chi connectivity index (χ4v) is 4.03. The van der Waals surface area contributed by atoms with Crippen molar-refractivity contribution in [3.63, 3.8) is 0 Å². The summed E-state index contributed by atoms with van der Waals surface area (Å²) in [7, 11) is 1.83. The molecule has 2 fully saturated rings. The van der Waals surface area contributed by atoms with Crippen LogP contribution < -0.4 is 15.4 Å². The molecule has 1 unspecified atom stereocenters. The summed E-state index contributed by atoms with van der Waals surface area (Å²) < 4.78 is 11.3. The minimum Gasteiger partial charge on any atom is -0.492 e. The maximum absolute atomic E-state index is 5.96. The first-order valence-corrected chi connectivity index (χ1v) is 11.0. The summed E-state index contributed by atoms with van der Waals surface area (Å²) in [4.78, 5) is 9.29. The highest BCUT2D eigenvalue weighted by Crippen LogP contribution is 2.16. The van der Waals surface area contributed by atoms with Crippen LogP contribution in [0.2, 0.25) is 0 Å². The molecule has 1 aromatic carbocycles. The molecular weight excluding hydrogens is 366 g/mol. The molecular formula is C22H37N5O2. The molecule has 3 rings (SSSR count). The SMILES string of the molecule is CCN1CCCC1CNC(=NC)NCc1cccc(OCCN2CCOCC2)c1. The lowest BCUT2D eigenvalue weighted by molar-refractivity contribution is 0.0322. The van der Waals surface area contributed by atoms with Crippen LogP contribution in [0.15, 0.2) is 29.3 Å². The summed E-state index contributed by atoms with van der Waals surface area (Å²) in [6.45, 7) is 11.5. The van der Waals surface area contributed by atoms with Gasteiger partial charge in [-0.25, -0.2) is 0 Å². The van der Waals surface area contributed by atoms with E-state index in [1.165, 1.54) is 24.9 Å². The Morgan fingerprint density at radius 2 is 2.10 bits per heavy atom. The summed E-state index contributed by atoms with van der Waals surface area (Å²) in [6, 6.07) is 8.91. The summed E-state index contributed by atoms with van der Waals surface area (Å²) in [6.07, 6.45) is 2.56. The van der Waals surface area contributed by atoms with Crippen LogP contribution >= 0.6 is 0 Å². The van der Waals surface area contributed by atoms with Crippen LogP contribution in [0.4, 0.5) is 0 Å². The van der Waals surface area contributed by atoms with Crippen molar-refractivity contribution < 1.29 is 9.47 Å². The molecule has 2 saturated heterocycles. The van der Waals surface area contributed by atoms with Crippen molar-refractivity contribution >= 4 is 5.96 Å². The number of hydrogen-bond acceptors (Lipinski definition) is 5. The number of nitrogens with one attached hydrogen (secondary N) is 2. The van der Waals surface area contributed by atoms with Crippen molar-refractivity contribution in [2.45, 2.75) is 32.4 Å². The fourth-order valence-electron chi connectivity index (χ4n) is 4.03. The van der Waals surface area contributed by atoms with Gasteiger partial charge in [-0.2, -0.15) is 0 Å². The Hall–Kier alpha value is -1.83. The van der Waals surface area contributed by atoms with E-state index in [0.717, 1.165) is 64.2 Å². The lowest BCUT2D eigenvalue weighted by Crippen LogP contribution is -2.44. The van der Waals surface area contributed by atoms with Crippen LogP contribution in [0.25, 0.3) is 0 Å². The number of benzene rings is 1. The molecule has 2 aliphatic heterocycles. The van der Waals surface area contributed by atoms with E-state index in [4.69, 9.17) is 9.47 Å². The minimum atomic E-state index is 0.613. The molecule has 162 valence electrons. The highest BCUT2D eigenvalue weighted by molar-refractivity contribution is 5.79. The van der Waals surface area contributed by atoms with Crippen LogP contribution in [0, 0.1) is 0 Å². The Morgan fingerprint density at radius 3 is 2.90 bits per heavy atom. The first-order chi connectivity index (χ1) is 14.3. The van der Waals surface area contributed by atoms with Gasteiger partial charge in [0.25, 0.3) is 0 Å². The van der Waals surface area contributed by atoms with Gasteiger partial charge in [0.2, 0.25) is 0 Å². The predicted molar refractivity (Wildman–Crippen MR) is 118 cm³/mol. The predicted octanol–water partition coefficient (Wildman–Crippen LogP) is 1.55. The standard InChI is InChI=1S/C22H37N5O2/c1-3-27-9-5-7-20(27)18-25-22(23-2)24-17-19-6-4-8-21(16-19)29-15-12-26-10-13-28-14-11-26/h4,6,8,16,20H,3,5,7,9-15,17-18H2,1-2H3,(H2,23,24,25). The third-order valence-electron chi connectivity index (χ3n) is 5.77. The lowest BCUT2D eigenvalue weighted by Gasteiger charge is -2.26. The number of nitrogens with zero attached hydrogens (tertiary/aromatic N) is 3. The first kappa shape index (κ1) is 21.9. The van der Waals surface area contributed by atoms with Gasteiger partial charge in [-0.3, -0.25) is 14.8 Å². The molecule has 7 nitrogen and oxygen atoms in total. The highest BCUT2D eigenvalue weighted by atomic mass is 16.5. The number of rotatable bonds is 9. The normalized spacial score (nSPS) is 21.3. The van der Waals surface area contributed by atoms with Gasteiger partial charge in [0.1, 0.15) is 12.4 Å². The molecule has 0 bridgehead atoms. The molecule has 2 N–H and O–H groups in total. The molecule has 7 heteroatoms. The maximum Gasteiger partial charge on any atom is 0.191 e. The van der Waals surface area contributed by atoms with Crippen molar-refractivity contribution in [1.29, 1.82) is 0 Å². The number of guanidine groups is 1. The molecule has 1 atom stereocenters. The van der Waals surface area contributed by atoms with E-state index in [2.05, 4.69) is 50.5 Å². The molecule has 2 heterocycles. The molecule has 0 saturated carbocycles. The van der Waals surface area contributed by atoms with E-state index in [1.54, 1.807) is 0 Å². The summed E-state index contributed by atoms with van der Waals surface area (Å²) in [5, 5.41) is 6.90. The average Bonchev–Trinajstić information content (AvgIpc) is 3.22. The van der Waals surface area contributed by atoms with Crippen molar-refractivity contribution in [2.24, 2.45) is 4.99 Å². The smallest absolute Gasteiger partial charge is 0.191 e. The first-order valence-electron chi connectivity index (χ1n) is 11.0. The number of likely N-dealkylation sites (N-methyl/N-ethyl adjacent to an activating group) is 1. The molecule has 2 aliphatic rings. The zero-order valence-electron chi connectivity index (χ0n) is 18.0. The van der Waals surface area contributed by atoms with Gasteiger partial charge in [0, 0.05) is 45.8 Å². The molecule has 0 spiro atoms.